The third kappa shape index (κ3) is 6.54. The highest BCUT2D eigenvalue weighted by Gasteiger charge is 2.28. The SMILES string of the molecule is CCOc1cncc(-c2ccc(CN3CCN(c4ccc(C(=O)NCC(F)(F)F)cc4)CC3)c3ccccc23)c1. The number of amides is 1. The number of anilines is 1. The van der Waals surface area contributed by atoms with Gasteiger partial charge in [-0.15, -0.1) is 0 Å². The van der Waals surface area contributed by atoms with Gasteiger partial charge in [-0.2, -0.15) is 13.2 Å². The van der Waals surface area contributed by atoms with Gasteiger partial charge in [-0.3, -0.25) is 14.7 Å². The van der Waals surface area contributed by atoms with Crippen molar-refractivity contribution in [1.82, 2.24) is 15.2 Å². The molecule has 0 radical (unpaired) electrons. The van der Waals surface area contributed by atoms with Crippen molar-refractivity contribution in [3.05, 3.63) is 90.3 Å². The van der Waals surface area contributed by atoms with Gasteiger partial charge in [-0.1, -0.05) is 36.4 Å². The molecule has 40 heavy (non-hydrogen) atoms. The second-order valence-electron chi connectivity index (χ2n) is 9.77. The van der Waals surface area contributed by atoms with E-state index in [2.05, 4.69) is 51.2 Å². The van der Waals surface area contributed by atoms with E-state index in [1.54, 1.807) is 30.5 Å². The van der Waals surface area contributed by atoms with E-state index >= 15 is 0 Å². The molecular formula is C31H31F3N4O2. The largest absolute Gasteiger partial charge is 0.492 e. The maximum atomic E-state index is 12.4. The number of carbonyl (C=O) groups excluding carboxylic acids is 1. The number of hydrogen-bond acceptors (Lipinski definition) is 5. The number of nitrogens with zero attached hydrogens (tertiary/aromatic N) is 3. The van der Waals surface area contributed by atoms with E-state index in [4.69, 9.17) is 4.74 Å². The molecule has 4 aromatic rings. The predicted octanol–water partition coefficient (Wildman–Crippen LogP) is 5.91. The summed E-state index contributed by atoms with van der Waals surface area (Å²) in [6.07, 6.45) is -0.839. The van der Waals surface area contributed by atoms with Crippen LogP contribution in [0.3, 0.4) is 0 Å². The molecule has 0 saturated carbocycles. The average Bonchev–Trinajstić information content (AvgIpc) is 2.96. The Morgan fingerprint density at radius 1 is 0.950 bits per heavy atom. The predicted molar refractivity (Wildman–Crippen MR) is 151 cm³/mol. The number of aromatic nitrogens is 1. The smallest absolute Gasteiger partial charge is 0.405 e. The lowest BCUT2D eigenvalue weighted by atomic mass is 9.95. The molecule has 9 heteroatoms. The van der Waals surface area contributed by atoms with Crippen molar-refractivity contribution >= 4 is 22.4 Å². The molecule has 0 unspecified atom stereocenters. The molecule has 0 atom stereocenters. The van der Waals surface area contributed by atoms with E-state index in [0.717, 1.165) is 55.3 Å². The summed E-state index contributed by atoms with van der Waals surface area (Å²) in [6, 6.07) is 21.5. The van der Waals surface area contributed by atoms with Crippen LogP contribution in [0.15, 0.2) is 79.1 Å². The Kier molecular flexibility index (Phi) is 8.21. The molecule has 1 saturated heterocycles. The van der Waals surface area contributed by atoms with E-state index in [0.29, 0.717) is 6.61 Å². The highest BCUT2D eigenvalue weighted by Crippen LogP contribution is 2.33. The van der Waals surface area contributed by atoms with E-state index in [9.17, 15) is 18.0 Å². The molecule has 208 valence electrons. The molecule has 6 nitrogen and oxygen atoms in total. The number of alkyl halides is 3. The second kappa shape index (κ2) is 12.0. The fourth-order valence-electron chi connectivity index (χ4n) is 5.07. The molecule has 1 aromatic heterocycles. The summed E-state index contributed by atoms with van der Waals surface area (Å²) in [5, 5.41) is 4.29. The van der Waals surface area contributed by atoms with Crippen molar-refractivity contribution in [2.45, 2.75) is 19.6 Å². The highest BCUT2D eigenvalue weighted by atomic mass is 19.4. The third-order valence-corrected chi connectivity index (χ3v) is 7.06. The Hall–Kier alpha value is -4.11. The molecule has 1 fully saturated rings. The number of ether oxygens (including phenoxy) is 1. The number of rotatable bonds is 8. The maximum absolute atomic E-state index is 12.4. The zero-order valence-corrected chi connectivity index (χ0v) is 22.2. The van der Waals surface area contributed by atoms with Gasteiger partial charge in [0.2, 0.25) is 0 Å². The van der Waals surface area contributed by atoms with Crippen molar-refractivity contribution < 1.29 is 22.7 Å². The first-order valence-corrected chi connectivity index (χ1v) is 13.3. The van der Waals surface area contributed by atoms with Crippen LogP contribution in [0.4, 0.5) is 18.9 Å². The zero-order valence-electron chi connectivity index (χ0n) is 22.2. The Bertz CT molecular complexity index is 1470. The average molecular weight is 549 g/mol. The molecule has 0 bridgehead atoms. The minimum absolute atomic E-state index is 0.211. The Labute approximate surface area is 231 Å². The summed E-state index contributed by atoms with van der Waals surface area (Å²) in [5.74, 6) is 0.0237. The number of carbonyl (C=O) groups is 1. The van der Waals surface area contributed by atoms with E-state index in [1.807, 2.05) is 24.5 Å². The molecule has 3 aromatic carbocycles. The van der Waals surface area contributed by atoms with Crippen molar-refractivity contribution in [1.29, 1.82) is 0 Å². The van der Waals surface area contributed by atoms with Crippen molar-refractivity contribution in [2.24, 2.45) is 0 Å². The minimum atomic E-state index is -4.43. The van der Waals surface area contributed by atoms with Crippen LogP contribution in [0.2, 0.25) is 0 Å². The van der Waals surface area contributed by atoms with Crippen LogP contribution in [0.5, 0.6) is 5.75 Å². The molecule has 1 aliphatic rings. The van der Waals surface area contributed by atoms with Gasteiger partial charge in [0.1, 0.15) is 12.3 Å². The van der Waals surface area contributed by atoms with E-state index < -0.39 is 18.6 Å². The first kappa shape index (κ1) is 27.5. The number of fused-ring (bicyclic) bond motifs is 1. The number of hydrogen-bond donors (Lipinski definition) is 1. The number of nitrogens with one attached hydrogen (secondary N) is 1. The standard InChI is InChI=1S/C31H31F3N4O2/c1-2-40-26-17-24(18-35-19-26)28-12-9-23(27-5-3-4-6-29(27)28)20-37-13-15-38(16-14-37)25-10-7-22(8-11-25)30(39)36-21-31(32,33)34/h3-12,17-19H,2,13-16,20-21H2,1H3,(H,36,39). The van der Waals surface area contributed by atoms with Crippen LogP contribution >= 0.6 is 0 Å². The summed E-state index contributed by atoms with van der Waals surface area (Å²) in [6.45, 7) is 5.38. The molecule has 1 aliphatic heterocycles. The maximum Gasteiger partial charge on any atom is 0.405 e. The number of benzene rings is 3. The molecule has 0 spiro atoms. The third-order valence-electron chi connectivity index (χ3n) is 7.06. The summed E-state index contributed by atoms with van der Waals surface area (Å²) in [7, 11) is 0. The van der Waals surface area contributed by atoms with Crippen LogP contribution in [0.25, 0.3) is 21.9 Å². The monoisotopic (exact) mass is 548 g/mol. The molecule has 0 aliphatic carbocycles. The van der Waals surface area contributed by atoms with Gasteiger partial charge in [0, 0.05) is 55.7 Å². The van der Waals surface area contributed by atoms with Gasteiger partial charge in [-0.25, -0.2) is 0 Å². The minimum Gasteiger partial charge on any atom is -0.492 e. The lowest BCUT2D eigenvalue weighted by Gasteiger charge is -2.36. The Balaban J connectivity index is 1.23. The van der Waals surface area contributed by atoms with Gasteiger partial charge in [-0.05, 0) is 59.2 Å². The van der Waals surface area contributed by atoms with Gasteiger partial charge in [0.05, 0.1) is 12.8 Å². The van der Waals surface area contributed by atoms with Gasteiger partial charge < -0.3 is 15.0 Å². The Morgan fingerprint density at radius 3 is 2.38 bits per heavy atom. The highest BCUT2D eigenvalue weighted by molar-refractivity contribution is 5.98. The summed E-state index contributed by atoms with van der Waals surface area (Å²) in [4.78, 5) is 21.0. The fourth-order valence-corrected chi connectivity index (χ4v) is 5.07. The summed E-state index contributed by atoms with van der Waals surface area (Å²) < 4.78 is 42.8. The van der Waals surface area contributed by atoms with Crippen LogP contribution in [-0.2, 0) is 6.54 Å². The molecule has 1 N–H and O–H groups in total. The van der Waals surface area contributed by atoms with E-state index in [-0.39, 0.29) is 5.56 Å². The quantitative estimate of drug-likeness (QED) is 0.297. The van der Waals surface area contributed by atoms with Crippen LogP contribution in [0, 0.1) is 0 Å². The number of halogens is 3. The Morgan fingerprint density at radius 2 is 1.68 bits per heavy atom. The van der Waals surface area contributed by atoms with Crippen LogP contribution in [-0.4, -0.2) is 61.3 Å². The van der Waals surface area contributed by atoms with Crippen molar-refractivity contribution in [3.8, 4) is 16.9 Å². The lowest BCUT2D eigenvalue weighted by Crippen LogP contribution is -2.46. The van der Waals surface area contributed by atoms with Crippen LogP contribution in [0.1, 0.15) is 22.8 Å². The summed E-state index contributed by atoms with van der Waals surface area (Å²) >= 11 is 0. The van der Waals surface area contributed by atoms with E-state index in [1.165, 1.54) is 16.3 Å². The second-order valence-corrected chi connectivity index (χ2v) is 9.77. The molecular weight excluding hydrogens is 517 g/mol. The lowest BCUT2D eigenvalue weighted by molar-refractivity contribution is -0.123. The number of piperazine rings is 1. The van der Waals surface area contributed by atoms with Gasteiger partial charge in [0.25, 0.3) is 5.91 Å². The molecule has 1 amide bonds. The zero-order chi connectivity index (χ0) is 28.1. The normalized spacial score (nSPS) is 14.3. The first-order valence-electron chi connectivity index (χ1n) is 13.3. The van der Waals surface area contributed by atoms with Gasteiger partial charge in [0.15, 0.2) is 0 Å². The van der Waals surface area contributed by atoms with Crippen molar-refractivity contribution in [2.75, 3.05) is 44.2 Å². The van der Waals surface area contributed by atoms with Crippen LogP contribution < -0.4 is 15.0 Å². The summed E-state index contributed by atoms with van der Waals surface area (Å²) in [5.41, 5.74) is 4.56. The molecule has 2 heterocycles. The molecule has 5 rings (SSSR count). The van der Waals surface area contributed by atoms with Crippen molar-refractivity contribution in [3.63, 3.8) is 0 Å². The number of pyridine rings is 1. The fraction of sp³-hybridized carbons (Fsp3) is 0.290. The first-order chi connectivity index (χ1) is 19.3. The van der Waals surface area contributed by atoms with Gasteiger partial charge >= 0.3 is 6.18 Å². The topological polar surface area (TPSA) is 57.7 Å².